The third-order valence-electron chi connectivity index (χ3n) is 5.05. The van der Waals surface area contributed by atoms with Gasteiger partial charge in [-0.3, -0.25) is 4.99 Å². The lowest BCUT2D eigenvalue weighted by Gasteiger charge is -2.17. The van der Waals surface area contributed by atoms with Crippen molar-refractivity contribution in [3.8, 4) is 5.75 Å². The van der Waals surface area contributed by atoms with Crippen LogP contribution < -0.4 is 20.3 Å². The van der Waals surface area contributed by atoms with E-state index in [1.165, 1.54) is 24.0 Å². The van der Waals surface area contributed by atoms with Gasteiger partial charge in [-0.05, 0) is 49.4 Å². The first-order valence-electron chi connectivity index (χ1n) is 9.97. The summed E-state index contributed by atoms with van der Waals surface area (Å²) in [5.41, 5.74) is 3.58. The van der Waals surface area contributed by atoms with Gasteiger partial charge in [0, 0.05) is 39.4 Å². The molecule has 0 aliphatic carbocycles. The van der Waals surface area contributed by atoms with Crippen molar-refractivity contribution in [3.63, 3.8) is 0 Å². The number of aryl methyl sites for hydroxylation is 1. The molecular weight excluding hydrogens is 477 g/mol. The first-order valence-corrected chi connectivity index (χ1v) is 9.97. The van der Waals surface area contributed by atoms with Crippen LogP contribution in [0.2, 0.25) is 0 Å². The molecule has 1 aliphatic heterocycles. The van der Waals surface area contributed by atoms with E-state index in [9.17, 15) is 0 Å². The number of nitrogens with zero attached hydrogens (tertiary/aromatic N) is 3. The second-order valence-electron chi connectivity index (χ2n) is 7.14. The molecule has 0 radical (unpaired) electrons. The minimum atomic E-state index is 0. The van der Waals surface area contributed by atoms with E-state index in [1.54, 1.807) is 14.2 Å². The summed E-state index contributed by atoms with van der Waals surface area (Å²) < 4.78 is 5.45. The topological polar surface area (TPSA) is 61.8 Å². The smallest absolute Gasteiger partial charge is 0.191 e. The molecule has 0 unspecified atom stereocenters. The SMILES string of the molecule is CN=C(NCCc1cc(C)ccc1OC)NCc1ccc(N2CCCC2)nc1.I. The molecule has 1 aliphatic rings. The van der Waals surface area contributed by atoms with E-state index < -0.39 is 0 Å². The highest BCUT2D eigenvalue weighted by Crippen LogP contribution is 2.20. The van der Waals surface area contributed by atoms with Crippen LogP contribution in [0.1, 0.15) is 29.5 Å². The van der Waals surface area contributed by atoms with Crippen molar-refractivity contribution in [2.45, 2.75) is 32.7 Å². The Kier molecular flexibility index (Phi) is 9.50. The second-order valence-corrected chi connectivity index (χ2v) is 7.14. The van der Waals surface area contributed by atoms with Crippen molar-refractivity contribution in [1.82, 2.24) is 15.6 Å². The molecule has 0 spiro atoms. The normalized spacial score (nSPS) is 13.8. The number of rotatable bonds is 7. The van der Waals surface area contributed by atoms with Gasteiger partial charge >= 0.3 is 0 Å². The summed E-state index contributed by atoms with van der Waals surface area (Å²) >= 11 is 0. The number of methoxy groups -OCH3 is 1. The third-order valence-corrected chi connectivity index (χ3v) is 5.05. The third kappa shape index (κ3) is 6.76. The molecule has 3 rings (SSSR count). The maximum atomic E-state index is 5.45. The molecule has 7 heteroatoms. The Morgan fingerprint density at radius 3 is 2.62 bits per heavy atom. The zero-order valence-corrected chi connectivity index (χ0v) is 19.9. The Morgan fingerprint density at radius 1 is 1.17 bits per heavy atom. The van der Waals surface area contributed by atoms with Crippen LogP contribution in [-0.2, 0) is 13.0 Å². The van der Waals surface area contributed by atoms with Crippen molar-refractivity contribution in [2.24, 2.45) is 4.99 Å². The van der Waals surface area contributed by atoms with Crippen LogP contribution in [-0.4, -0.2) is 44.7 Å². The standard InChI is InChI=1S/C22H31N5O.HI/c1-17-6-8-20(28-3)19(14-17)10-11-24-22(23-2)26-16-18-7-9-21(25-15-18)27-12-4-5-13-27;/h6-9,14-15H,4-5,10-13,16H2,1-3H3,(H2,23,24,26);1H. The molecule has 0 amide bonds. The molecule has 2 N–H and O–H groups in total. The summed E-state index contributed by atoms with van der Waals surface area (Å²) in [5.74, 6) is 2.80. The van der Waals surface area contributed by atoms with Crippen LogP contribution in [0.5, 0.6) is 5.75 Å². The molecule has 2 heterocycles. The van der Waals surface area contributed by atoms with Gasteiger partial charge < -0.3 is 20.3 Å². The van der Waals surface area contributed by atoms with Gasteiger partial charge in [0.15, 0.2) is 5.96 Å². The summed E-state index contributed by atoms with van der Waals surface area (Å²) in [6.07, 6.45) is 5.35. The molecule has 6 nitrogen and oxygen atoms in total. The predicted molar refractivity (Wildman–Crippen MR) is 131 cm³/mol. The number of ether oxygens (including phenoxy) is 1. The summed E-state index contributed by atoms with van der Waals surface area (Å²) in [7, 11) is 3.50. The van der Waals surface area contributed by atoms with Gasteiger partial charge in [0.05, 0.1) is 7.11 Å². The average molecular weight is 509 g/mol. The molecule has 0 bridgehead atoms. The van der Waals surface area contributed by atoms with Crippen LogP contribution in [0.3, 0.4) is 0 Å². The number of pyridine rings is 1. The number of guanidine groups is 1. The van der Waals surface area contributed by atoms with Crippen molar-refractivity contribution in [2.75, 3.05) is 38.7 Å². The zero-order chi connectivity index (χ0) is 19.8. The highest BCUT2D eigenvalue weighted by Gasteiger charge is 2.13. The Balaban J connectivity index is 0.00000300. The zero-order valence-electron chi connectivity index (χ0n) is 17.6. The summed E-state index contributed by atoms with van der Waals surface area (Å²) in [4.78, 5) is 11.3. The average Bonchev–Trinajstić information content (AvgIpc) is 3.26. The number of anilines is 1. The van der Waals surface area contributed by atoms with E-state index in [-0.39, 0.29) is 24.0 Å². The van der Waals surface area contributed by atoms with Crippen LogP contribution in [0.25, 0.3) is 0 Å². The fourth-order valence-corrected chi connectivity index (χ4v) is 3.48. The second kappa shape index (κ2) is 11.8. The quantitative estimate of drug-likeness (QED) is 0.340. The lowest BCUT2D eigenvalue weighted by molar-refractivity contribution is 0.409. The van der Waals surface area contributed by atoms with Gasteiger partial charge in [-0.1, -0.05) is 23.8 Å². The maximum Gasteiger partial charge on any atom is 0.191 e. The molecular formula is C22H32IN5O. The fourth-order valence-electron chi connectivity index (χ4n) is 3.48. The molecule has 2 aromatic rings. The summed E-state index contributed by atoms with van der Waals surface area (Å²) in [5, 5.41) is 6.72. The van der Waals surface area contributed by atoms with Crippen LogP contribution in [0.15, 0.2) is 41.5 Å². The number of aliphatic imine (C=N–C) groups is 1. The van der Waals surface area contributed by atoms with E-state index in [0.717, 1.165) is 49.1 Å². The maximum absolute atomic E-state index is 5.45. The lowest BCUT2D eigenvalue weighted by Crippen LogP contribution is -2.37. The van der Waals surface area contributed by atoms with Crippen molar-refractivity contribution >= 4 is 35.8 Å². The molecule has 0 atom stereocenters. The Labute approximate surface area is 191 Å². The predicted octanol–water partition coefficient (Wildman–Crippen LogP) is 3.52. The van der Waals surface area contributed by atoms with E-state index in [0.29, 0.717) is 6.54 Å². The van der Waals surface area contributed by atoms with Gasteiger partial charge in [-0.2, -0.15) is 0 Å². The van der Waals surface area contributed by atoms with Gasteiger partial charge in [-0.15, -0.1) is 24.0 Å². The van der Waals surface area contributed by atoms with E-state index in [4.69, 9.17) is 4.74 Å². The Hall–Kier alpha value is -2.03. The van der Waals surface area contributed by atoms with E-state index >= 15 is 0 Å². The molecule has 0 saturated carbocycles. The molecule has 1 aromatic heterocycles. The molecule has 29 heavy (non-hydrogen) atoms. The first-order chi connectivity index (χ1) is 13.7. The number of aromatic nitrogens is 1. The summed E-state index contributed by atoms with van der Waals surface area (Å²) in [6, 6.07) is 10.5. The van der Waals surface area contributed by atoms with Crippen molar-refractivity contribution < 1.29 is 4.74 Å². The lowest BCUT2D eigenvalue weighted by atomic mass is 10.1. The van der Waals surface area contributed by atoms with Crippen molar-refractivity contribution in [3.05, 3.63) is 53.2 Å². The number of hydrogen-bond acceptors (Lipinski definition) is 4. The molecule has 158 valence electrons. The van der Waals surface area contributed by atoms with Gasteiger partial charge in [-0.25, -0.2) is 4.98 Å². The highest BCUT2D eigenvalue weighted by molar-refractivity contribution is 14.0. The molecule has 1 fully saturated rings. The monoisotopic (exact) mass is 509 g/mol. The van der Waals surface area contributed by atoms with Crippen LogP contribution >= 0.6 is 24.0 Å². The molecule has 1 aromatic carbocycles. The Bertz CT molecular complexity index is 788. The first kappa shape index (κ1) is 23.3. The number of halogens is 1. The largest absolute Gasteiger partial charge is 0.496 e. The van der Waals surface area contributed by atoms with Gasteiger partial charge in [0.25, 0.3) is 0 Å². The number of benzene rings is 1. The van der Waals surface area contributed by atoms with Crippen LogP contribution in [0.4, 0.5) is 5.82 Å². The van der Waals surface area contributed by atoms with Crippen LogP contribution in [0, 0.1) is 6.92 Å². The van der Waals surface area contributed by atoms with Gasteiger partial charge in [0.2, 0.25) is 0 Å². The summed E-state index contributed by atoms with van der Waals surface area (Å²) in [6.45, 7) is 5.81. The number of hydrogen-bond donors (Lipinski definition) is 2. The minimum Gasteiger partial charge on any atom is -0.496 e. The molecule has 1 saturated heterocycles. The Morgan fingerprint density at radius 2 is 1.97 bits per heavy atom. The van der Waals surface area contributed by atoms with Crippen molar-refractivity contribution in [1.29, 1.82) is 0 Å². The highest BCUT2D eigenvalue weighted by atomic mass is 127. The fraction of sp³-hybridized carbons (Fsp3) is 0.455. The van der Waals surface area contributed by atoms with E-state index in [1.807, 2.05) is 12.3 Å². The van der Waals surface area contributed by atoms with Gasteiger partial charge in [0.1, 0.15) is 11.6 Å². The minimum absolute atomic E-state index is 0. The number of nitrogens with one attached hydrogen (secondary N) is 2. The van der Waals surface area contributed by atoms with E-state index in [2.05, 4.69) is 56.7 Å².